The van der Waals surface area contributed by atoms with Crippen molar-refractivity contribution >= 4 is 33.6 Å². The summed E-state index contributed by atoms with van der Waals surface area (Å²) in [5.41, 5.74) is 0.0865. The molecule has 152 valence electrons. The number of aryl methyl sites for hydroxylation is 1. The van der Waals surface area contributed by atoms with Crippen molar-refractivity contribution in [2.24, 2.45) is 0 Å². The number of carbonyl (C=O) groups is 3. The molecule has 1 aliphatic carbocycles. The lowest BCUT2D eigenvalue weighted by atomic mass is 9.98. The van der Waals surface area contributed by atoms with Crippen LogP contribution in [0, 0.1) is 6.92 Å². The first-order valence-electron chi connectivity index (χ1n) is 9.17. The van der Waals surface area contributed by atoms with Crippen LogP contribution in [-0.2, 0) is 19.6 Å². The number of rotatable bonds is 6. The molecule has 28 heavy (non-hydrogen) atoms. The van der Waals surface area contributed by atoms with E-state index < -0.39 is 27.5 Å². The van der Waals surface area contributed by atoms with Crippen LogP contribution in [-0.4, -0.2) is 50.3 Å². The fourth-order valence-corrected chi connectivity index (χ4v) is 4.70. The molecule has 0 radical (unpaired) electrons. The highest BCUT2D eigenvalue weighted by Crippen LogP contribution is 2.35. The summed E-state index contributed by atoms with van der Waals surface area (Å²) in [7, 11) is -2.33. The normalized spacial score (nSPS) is 18.6. The third-order valence-electron chi connectivity index (χ3n) is 5.30. The summed E-state index contributed by atoms with van der Waals surface area (Å²) >= 11 is 0. The SMILES string of the molecule is CNS(=O)(=O)c1cc(NC(=O)CCN2C(=O)NC3(CCCC3)C2=O)ccc1C. The lowest BCUT2D eigenvalue weighted by Gasteiger charge is -2.19. The van der Waals surface area contributed by atoms with Gasteiger partial charge >= 0.3 is 6.03 Å². The molecule has 1 saturated heterocycles. The minimum Gasteiger partial charge on any atom is -0.326 e. The predicted molar refractivity (Wildman–Crippen MR) is 102 cm³/mol. The van der Waals surface area contributed by atoms with Gasteiger partial charge in [0.2, 0.25) is 15.9 Å². The van der Waals surface area contributed by atoms with Gasteiger partial charge in [0.1, 0.15) is 5.54 Å². The number of urea groups is 1. The van der Waals surface area contributed by atoms with E-state index in [1.165, 1.54) is 13.1 Å². The van der Waals surface area contributed by atoms with Crippen LogP contribution in [0.5, 0.6) is 0 Å². The van der Waals surface area contributed by atoms with Crippen LogP contribution in [0.15, 0.2) is 23.1 Å². The van der Waals surface area contributed by atoms with E-state index in [0.29, 0.717) is 24.1 Å². The first-order chi connectivity index (χ1) is 13.2. The van der Waals surface area contributed by atoms with Gasteiger partial charge in [0, 0.05) is 18.7 Å². The largest absolute Gasteiger partial charge is 0.326 e. The second kappa shape index (κ2) is 7.51. The van der Waals surface area contributed by atoms with Gasteiger partial charge in [-0.1, -0.05) is 18.9 Å². The average Bonchev–Trinajstić information content (AvgIpc) is 3.21. The Kier molecular flexibility index (Phi) is 5.44. The first kappa shape index (κ1) is 20.3. The Morgan fingerprint density at radius 3 is 2.57 bits per heavy atom. The van der Waals surface area contributed by atoms with Crippen molar-refractivity contribution in [3.63, 3.8) is 0 Å². The molecule has 1 aromatic rings. The number of amides is 4. The number of sulfonamides is 1. The zero-order chi connectivity index (χ0) is 20.5. The minimum absolute atomic E-state index is 0.0220. The van der Waals surface area contributed by atoms with Crippen molar-refractivity contribution in [2.45, 2.75) is 49.5 Å². The predicted octanol–water partition coefficient (Wildman–Crippen LogP) is 1.10. The molecule has 2 fully saturated rings. The summed E-state index contributed by atoms with van der Waals surface area (Å²) in [4.78, 5) is 38.1. The summed E-state index contributed by atoms with van der Waals surface area (Å²) in [5.74, 6) is -0.676. The zero-order valence-corrected chi connectivity index (χ0v) is 16.7. The van der Waals surface area contributed by atoms with Gasteiger partial charge in [-0.15, -0.1) is 0 Å². The molecule has 1 heterocycles. The number of carbonyl (C=O) groups excluding carboxylic acids is 3. The zero-order valence-electron chi connectivity index (χ0n) is 15.9. The van der Waals surface area contributed by atoms with Gasteiger partial charge in [-0.25, -0.2) is 17.9 Å². The molecule has 3 rings (SSSR count). The molecule has 3 N–H and O–H groups in total. The number of benzene rings is 1. The molecule has 0 bridgehead atoms. The first-order valence-corrected chi connectivity index (χ1v) is 10.6. The van der Waals surface area contributed by atoms with Gasteiger partial charge in [-0.2, -0.15) is 0 Å². The number of imide groups is 1. The maximum atomic E-state index is 12.6. The van der Waals surface area contributed by atoms with Gasteiger partial charge < -0.3 is 10.6 Å². The number of hydrogen-bond acceptors (Lipinski definition) is 5. The van der Waals surface area contributed by atoms with Crippen molar-refractivity contribution in [2.75, 3.05) is 18.9 Å². The van der Waals surface area contributed by atoms with Crippen LogP contribution in [0.3, 0.4) is 0 Å². The summed E-state index contributed by atoms with van der Waals surface area (Å²) in [6.07, 6.45) is 2.98. The van der Waals surface area contributed by atoms with Gasteiger partial charge in [-0.3, -0.25) is 14.5 Å². The Labute approximate surface area is 163 Å². The lowest BCUT2D eigenvalue weighted by molar-refractivity contribution is -0.131. The van der Waals surface area contributed by atoms with E-state index in [2.05, 4.69) is 15.4 Å². The molecule has 0 atom stereocenters. The Morgan fingerprint density at radius 2 is 1.93 bits per heavy atom. The number of hydrogen-bond donors (Lipinski definition) is 3. The van der Waals surface area contributed by atoms with Gasteiger partial charge in [0.05, 0.1) is 4.90 Å². The van der Waals surface area contributed by atoms with E-state index in [-0.39, 0.29) is 23.8 Å². The molecule has 0 unspecified atom stereocenters. The summed E-state index contributed by atoms with van der Waals surface area (Å²) in [6.45, 7) is 1.64. The third-order valence-corrected chi connectivity index (χ3v) is 6.85. The molecule has 4 amide bonds. The Morgan fingerprint density at radius 1 is 1.25 bits per heavy atom. The van der Waals surface area contributed by atoms with Crippen molar-refractivity contribution in [3.8, 4) is 0 Å². The highest BCUT2D eigenvalue weighted by Gasteiger charge is 2.52. The fraction of sp³-hybridized carbons (Fsp3) is 0.500. The van der Waals surface area contributed by atoms with Crippen LogP contribution >= 0.6 is 0 Å². The van der Waals surface area contributed by atoms with Gasteiger partial charge in [-0.05, 0) is 44.5 Å². The van der Waals surface area contributed by atoms with E-state index >= 15 is 0 Å². The standard InChI is InChI=1S/C18H24N4O5S/c1-12-5-6-13(11-14(12)28(26,27)19-2)20-15(23)7-10-22-16(24)18(21-17(22)25)8-3-4-9-18/h5-6,11,19H,3-4,7-10H2,1-2H3,(H,20,23)(H,21,25). The maximum Gasteiger partial charge on any atom is 0.325 e. The van der Waals surface area contributed by atoms with E-state index in [1.54, 1.807) is 19.1 Å². The smallest absolute Gasteiger partial charge is 0.325 e. The van der Waals surface area contributed by atoms with E-state index in [0.717, 1.165) is 17.7 Å². The molecular formula is C18H24N4O5S. The van der Waals surface area contributed by atoms with Crippen LogP contribution in [0.1, 0.15) is 37.7 Å². The molecule has 2 aliphatic rings. The molecule has 9 nitrogen and oxygen atoms in total. The molecular weight excluding hydrogens is 384 g/mol. The monoisotopic (exact) mass is 408 g/mol. The van der Waals surface area contributed by atoms with Crippen LogP contribution in [0.2, 0.25) is 0 Å². The van der Waals surface area contributed by atoms with Gasteiger partial charge in [0.25, 0.3) is 5.91 Å². The maximum absolute atomic E-state index is 12.6. The van der Waals surface area contributed by atoms with E-state index in [1.807, 2.05) is 0 Å². The summed E-state index contributed by atoms with van der Waals surface area (Å²) in [6, 6.07) is 4.11. The number of anilines is 1. The number of nitrogens with one attached hydrogen (secondary N) is 3. The minimum atomic E-state index is -3.65. The highest BCUT2D eigenvalue weighted by atomic mass is 32.2. The highest BCUT2D eigenvalue weighted by molar-refractivity contribution is 7.89. The van der Waals surface area contributed by atoms with Crippen LogP contribution < -0.4 is 15.4 Å². The average molecular weight is 408 g/mol. The fourth-order valence-electron chi connectivity index (χ4n) is 3.71. The van der Waals surface area contributed by atoms with Gasteiger partial charge in [0.15, 0.2) is 0 Å². The van der Waals surface area contributed by atoms with Crippen molar-refractivity contribution in [1.82, 2.24) is 14.9 Å². The van der Waals surface area contributed by atoms with Crippen molar-refractivity contribution in [1.29, 1.82) is 0 Å². The molecule has 1 spiro atoms. The Balaban J connectivity index is 1.63. The topological polar surface area (TPSA) is 125 Å². The molecule has 10 heteroatoms. The Hall–Kier alpha value is -2.46. The number of nitrogens with zero attached hydrogens (tertiary/aromatic N) is 1. The molecule has 0 aromatic heterocycles. The van der Waals surface area contributed by atoms with E-state index in [9.17, 15) is 22.8 Å². The molecule has 1 aliphatic heterocycles. The molecule has 1 saturated carbocycles. The molecule has 1 aromatic carbocycles. The van der Waals surface area contributed by atoms with Crippen molar-refractivity contribution < 1.29 is 22.8 Å². The van der Waals surface area contributed by atoms with E-state index in [4.69, 9.17) is 0 Å². The van der Waals surface area contributed by atoms with Crippen molar-refractivity contribution in [3.05, 3.63) is 23.8 Å². The van der Waals surface area contributed by atoms with Crippen LogP contribution in [0.4, 0.5) is 10.5 Å². The quantitative estimate of drug-likeness (QED) is 0.608. The van der Waals surface area contributed by atoms with Crippen LogP contribution in [0.25, 0.3) is 0 Å². The third kappa shape index (κ3) is 3.74. The summed E-state index contributed by atoms with van der Waals surface area (Å²) in [5, 5.41) is 5.39. The second-order valence-electron chi connectivity index (χ2n) is 7.16. The Bertz CT molecular complexity index is 922. The second-order valence-corrected chi connectivity index (χ2v) is 9.02. The lowest BCUT2D eigenvalue weighted by Crippen LogP contribution is -2.44. The summed E-state index contributed by atoms with van der Waals surface area (Å²) < 4.78 is 26.3.